The van der Waals surface area contributed by atoms with Crippen LogP contribution in [-0.4, -0.2) is 49.1 Å². The zero-order chi connectivity index (χ0) is 19.4. The van der Waals surface area contributed by atoms with Gasteiger partial charge in [-0.05, 0) is 51.2 Å². The molecule has 27 heavy (non-hydrogen) atoms. The maximum atomic E-state index is 12.6. The molecule has 0 bridgehead atoms. The zero-order valence-electron chi connectivity index (χ0n) is 16.2. The Morgan fingerprint density at radius 2 is 1.96 bits per heavy atom. The van der Waals surface area contributed by atoms with E-state index in [4.69, 9.17) is 4.74 Å². The summed E-state index contributed by atoms with van der Waals surface area (Å²) in [4.78, 5) is 30.0. The van der Waals surface area contributed by atoms with Gasteiger partial charge in [0.15, 0.2) is 0 Å². The molecule has 1 aliphatic carbocycles. The van der Waals surface area contributed by atoms with Gasteiger partial charge in [0.05, 0.1) is 7.11 Å². The maximum absolute atomic E-state index is 12.6. The number of aromatic nitrogens is 1. The number of amides is 1. The molecule has 0 spiro atoms. The summed E-state index contributed by atoms with van der Waals surface area (Å²) in [6.07, 6.45) is 4.46. The highest BCUT2D eigenvalue weighted by atomic mass is 16.5. The Labute approximate surface area is 159 Å². The van der Waals surface area contributed by atoms with Crippen molar-refractivity contribution < 1.29 is 9.53 Å². The molecule has 3 rings (SSSR count). The van der Waals surface area contributed by atoms with E-state index >= 15 is 0 Å². The van der Waals surface area contributed by atoms with Gasteiger partial charge < -0.3 is 19.9 Å². The van der Waals surface area contributed by atoms with Gasteiger partial charge in [-0.15, -0.1) is 0 Å². The van der Waals surface area contributed by atoms with Crippen LogP contribution in [0.1, 0.15) is 36.0 Å². The van der Waals surface area contributed by atoms with Gasteiger partial charge in [0.1, 0.15) is 11.3 Å². The van der Waals surface area contributed by atoms with Gasteiger partial charge in [-0.25, -0.2) is 0 Å². The summed E-state index contributed by atoms with van der Waals surface area (Å²) in [6, 6.07) is 10.8. The summed E-state index contributed by atoms with van der Waals surface area (Å²) >= 11 is 0. The SMILES string of the molecule is COc1cccc(-c2ccc(C(=O)NCC3(N(C)C)CCCC3)c(=O)[nH]2)c1. The fraction of sp³-hybridized carbons (Fsp3) is 0.429. The van der Waals surface area contributed by atoms with Crippen LogP contribution in [-0.2, 0) is 0 Å². The van der Waals surface area contributed by atoms with Gasteiger partial charge in [0.25, 0.3) is 11.5 Å². The van der Waals surface area contributed by atoms with Crippen LogP contribution in [0.2, 0.25) is 0 Å². The van der Waals surface area contributed by atoms with E-state index in [1.807, 2.05) is 38.4 Å². The molecular weight excluding hydrogens is 342 g/mol. The third-order valence-corrected chi connectivity index (χ3v) is 5.60. The number of hydrogen-bond acceptors (Lipinski definition) is 4. The number of carbonyl (C=O) groups is 1. The van der Waals surface area contributed by atoms with Crippen molar-refractivity contribution >= 4 is 5.91 Å². The highest BCUT2D eigenvalue weighted by molar-refractivity contribution is 5.94. The Kier molecular flexibility index (Phi) is 5.65. The van der Waals surface area contributed by atoms with Gasteiger partial charge in [0.2, 0.25) is 0 Å². The monoisotopic (exact) mass is 369 g/mol. The van der Waals surface area contributed by atoms with Gasteiger partial charge in [-0.1, -0.05) is 25.0 Å². The summed E-state index contributed by atoms with van der Waals surface area (Å²) in [5, 5.41) is 2.96. The van der Waals surface area contributed by atoms with Crippen LogP contribution in [0.3, 0.4) is 0 Å². The number of nitrogens with one attached hydrogen (secondary N) is 2. The molecule has 2 aromatic rings. The van der Waals surface area contributed by atoms with E-state index < -0.39 is 5.56 Å². The van der Waals surface area contributed by atoms with E-state index in [1.165, 1.54) is 12.8 Å². The fourth-order valence-corrected chi connectivity index (χ4v) is 3.77. The predicted molar refractivity (Wildman–Crippen MR) is 106 cm³/mol. The molecular formula is C21H27N3O3. The molecule has 144 valence electrons. The number of aromatic amines is 1. The summed E-state index contributed by atoms with van der Waals surface area (Å²) in [6.45, 7) is 0.551. The lowest BCUT2D eigenvalue weighted by Crippen LogP contribution is -2.51. The minimum absolute atomic E-state index is 0.0110. The number of ether oxygens (including phenoxy) is 1. The second-order valence-electron chi connectivity index (χ2n) is 7.36. The minimum atomic E-state index is -0.391. The lowest BCUT2D eigenvalue weighted by atomic mass is 9.96. The highest BCUT2D eigenvalue weighted by Gasteiger charge is 2.36. The van der Waals surface area contributed by atoms with E-state index in [-0.39, 0.29) is 17.0 Å². The van der Waals surface area contributed by atoms with Crippen molar-refractivity contribution in [1.82, 2.24) is 15.2 Å². The number of hydrogen-bond donors (Lipinski definition) is 2. The van der Waals surface area contributed by atoms with E-state index in [0.29, 0.717) is 18.0 Å². The second-order valence-corrected chi connectivity index (χ2v) is 7.36. The summed E-state index contributed by atoms with van der Waals surface area (Å²) in [5.41, 5.74) is 1.21. The van der Waals surface area contributed by atoms with Crippen LogP contribution in [0.5, 0.6) is 5.75 Å². The molecule has 0 aliphatic heterocycles. The number of methoxy groups -OCH3 is 1. The summed E-state index contributed by atoms with van der Waals surface area (Å²) < 4.78 is 5.22. The van der Waals surface area contributed by atoms with Crippen molar-refractivity contribution in [2.45, 2.75) is 31.2 Å². The average Bonchev–Trinajstić information content (AvgIpc) is 3.16. The highest BCUT2D eigenvalue weighted by Crippen LogP contribution is 2.33. The third kappa shape index (κ3) is 4.06. The minimum Gasteiger partial charge on any atom is -0.497 e. The van der Waals surface area contributed by atoms with Crippen molar-refractivity contribution in [2.24, 2.45) is 0 Å². The van der Waals surface area contributed by atoms with Crippen LogP contribution < -0.4 is 15.6 Å². The van der Waals surface area contributed by atoms with Gasteiger partial charge in [-0.3, -0.25) is 9.59 Å². The van der Waals surface area contributed by atoms with Crippen molar-refractivity contribution in [3.63, 3.8) is 0 Å². The smallest absolute Gasteiger partial charge is 0.261 e. The van der Waals surface area contributed by atoms with E-state index in [9.17, 15) is 9.59 Å². The number of carbonyl (C=O) groups excluding carboxylic acids is 1. The van der Waals surface area contributed by atoms with E-state index in [1.54, 1.807) is 19.2 Å². The van der Waals surface area contributed by atoms with Crippen molar-refractivity contribution in [1.29, 1.82) is 0 Å². The van der Waals surface area contributed by atoms with Crippen LogP contribution in [0.25, 0.3) is 11.3 Å². The first kappa shape index (κ1) is 19.2. The molecule has 1 aliphatic rings. The molecule has 1 heterocycles. The average molecular weight is 369 g/mol. The molecule has 6 heteroatoms. The molecule has 0 radical (unpaired) electrons. The van der Waals surface area contributed by atoms with Crippen molar-refractivity contribution in [3.8, 4) is 17.0 Å². The molecule has 6 nitrogen and oxygen atoms in total. The number of benzene rings is 1. The van der Waals surface area contributed by atoms with Gasteiger partial charge in [-0.2, -0.15) is 0 Å². The number of nitrogens with zero attached hydrogens (tertiary/aromatic N) is 1. The van der Waals surface area contributed by atoms with E-state index in [0.717, 1.165) is 18.4 Å². The van der Waals surface area contributed by atoms with Crippen molar-refractivity contribution in [3.05, 3.63) is 52.3 Å². The first-order valence-corrected chi connectivity index (χ1v) is 9.28. The molecule has 0 unspecified atom stereocenters. The third-order valence-electron chi connectivity index (χ3n) is 5.60. The van der Waals surface area contributed by atoms with Gasteiger partial charge >= 0.3 is 0 Å². The first-order valence-electron chi connectivity index (χ1n) is 9.28. The van der Waals surface area contributed by atoms with Crippen LogP contribution >= 0.6 is 0 Å². The molecule has 1 aromatic heterocycles. The van der Waals surface area contributed by atoms with E-state index in [2.05, 4.69) is 15.2 Å². The van der Waals surface area contributed by atoms with Crippen LogP contribution in [0, 0.1) is 0 Å². The molecule has 1 fully saturated rings. The largest absolute Gasteiger partial charge is 0.497 e. The Hall–Kier alpha value is -2.60. The normalized spacial score (nSPS) is 15.7. The second kappa shape index (κ2) is 7.96. The maximum Gasteiger partial charge on any atom is 0.261 e. The fourth-order valence-electron chi connectivity index (χ4n) is 3.77. The molecule has 1 aromatic carbocycles. The quantitative estimate of drug-likeness (QED) is 0.821. The van der Waals surface area contributed by atoms with Crippen LogP contribution in [0.15, 0.2) is 41.2 Å². The van der Waals surface area contributed by atoms with Gasteiger partial charge in [0, 0.05) is 23.3 Å². The number of pyridine rings is 1. The van der Waals surface area contributed by atoms with Crippen LogP contribution in [0.4, 0.5) is 0 Å². The zero-order valence-corrected chi connectivity index (χ0v) is 16.2. The molecule has 1 amide bonds. The Morgan fingerprint density at radius 3 is 2.59 bits per heavy atom. The first-order chi connectivity index (χ1) is 12.9. The Bertz CT molecular complexity index is 867. The number of rotatable bonds is 6. The molecule has 1 saturated carbocycles. The Balaban J connectivity index is 1.75. The summed E-state index contributed by atoms with van der Waals surface area (Å²) in [7, 11) is 5.69. The number of H-pyrrole nitrogens is 1. The predicted octanol–water partition coefficient (Wildman–Crippen LogP) is 2.65. The standard InChI is InChI=1S/C21H27N3O3/c1-24(2)21(11-4-5-12-21)14-22-19(25)17-9-10-18(23-20(17)26)15-7-6-8-16(13-15)27-3/h6-10,13H,4-5,11-12,14H2,1-3H3,(H,22,25)(H,23,26). The molecule has 0 saturated heterocycles. The molecule has 2 N–H and O–H groups in total. The Morgan fingerprint density at radius 1 is 1.22 bits per heavy atom. The lowest BCUT2D eigenvalue weighted by molar-refractivity contribution is 0.0898. The topological polar surface area (TPSA) is 74.4 Å². The number of likely N-dealkylation sites (N-methyl/N-ethyl adjacent to an activating group) is 1. The summed E-state index contributed by atoms with van der Waals surface area (Å²) in [5.74, 6) is 0.377. The van der Waals surface area contributed by atoms with Crippen molar-refractivity contribution in [2.75, 3.05) is 27.7 Å². The molecule has 0 atom stereocenters. The lowest BCUT2D eigenvalue weighted by Gasteiger charge is -2.36.